The fourth-order valence-corrected chi connectivity index (χ4v) is 4.37. The van der Waals surface area contributed by atoms with Gasteiger partial charge in [-0.15, -0.1) is 10.2 Å². The summed E-state index contributed by atoms with van der Waals surface area (Å²) in [5.74, 6) is 0.395. The molecular weight excluding hydrogens is 290 g/mol. The molecule has 1 aliphatic rings. The van der Waals surface area contributed by atoms with Crippen LogP contribution in [0.4, 0.5) is 0 Å². The van der Waals surface area contributed by atoms with E-state index in [4.69, 9.17) is 10.2 Å². The van der Waals surface area contributed by atoms with E-state index < -0.39 is 21.0 Å². The second kappa shape index (κ2) is 5.49. The van der Waals surface area contributed by atoms with Crippen LogP contribution in [0.2, 0.25) is 0 Å². The van der Waals surface area contributed by atoms with Gasteiger partial charge in [-0.05, 0) is 19.3 Å². The maximum atomic E-state index is 11.3. The zero-order valence-corrected chi connectivity index (χ0v) is 12.0. The van der Waals surface area contributed by atoms with Gasteiger partial charge in [0, 0.05) is 6.42 Å². The van der Waals surface area contributed by atoms with Gasteiger partial charge in [-0.25, -0.2) is 8.42 Å². The number of primary amides is 1. The van der Waals surface area contributed by atoms with Gasteiger partial charge >= 0.3 is 0 Å². The molecule has 106 valence electrons. The fourth-order valence-electron chi connectivity index (χ4n) is 1.86. The standard InChI is InChI=1S/C10H15N3O4S2/c1-6(9(11)14)18-10-13-12-8(17-10)4-7-2-3-19(15,16)5-7/h6-7H,2-5H2,1H3,(H2,11,14)/t6-,7-/m1/s1. The highest BCUT2D eigenvalue weighted by atomic mass is 32.2. The Hall–Kier alpha value is -1.09. The number of nitrogens with zero attached hydrogens (tertiary/aromatic N) is 2. The first kappa shape index (κ1) is 14.3. The molecule has 2 heterocycles. The van der Waals surface area contributed by atoms with Gasteiger partial charge in [0.25, 0.3) is 5.22 Å². The summed E-state index contributed by atoms with van der Waals surface area (Å²) in [5, 5.41) is 7.50. The number of thioether (sulfide) groups is 1. The van der Waals surface area contributed by atoms with Crippen LogP contribution in [0, 0.1) is 5.92 Å². The number of aromatic nitrogens is 2. The molecule has 0 aromatic carbocycles. The largest absolute Gasteiger partial charge is 0.416 e. The molecule has 1 amide bonds. The van der Waals surface area contributed by atoms with Gasteiger partial charge in [-0.2, -0.15) is 0 Å². The number of nitrogens with two attached hydrogens (primary N) is 1. The Kier molecular flexibility index (Phi) is 4.14. The first-order valence-electron chi connectivity index (χ1n) is 5.84. The molecule has 9 heteroatoms. The predicted molar refractivity (Wildman–Crippen MR) is 69.3 cm³/mol. The molecule has 0 aliphatic carbocycles. The molecule has 0 spiro atoms. The summed E-state index contributed by atoms with van der Waals surface area (Å²) in [6.45, 7) is 1.65. The molecule has 2 atom stereocenters. The highest BCUT2D eigenvalue weighted by Crippen LogP contribution is 2.25. The van der Waals surface area contributed by atoms with E-state index in [0.29, 0.717) is 18.7 Å². The summed E-state index contributed by atoms with van der Waals surface area (Å²) in [4.78, 5) is 10.9. The Bertz CT molecular complexity index is 569. The Labute approximate surface area is 115 Å². The summed E-state index contributed by atoms with van der Waals surface area (Å²) in [7, 11) is -2.90. The average molecular weight is 305 g/mol. The average Bonchev–Trinajstić information content (AvgIpc) is 2.86. The third-order valence-electron chi connectivity index (χ3n) is 2.92. The highest BCUT2D eigenvalue weighted by molar-refractivity contribution is 8.00. The van der Waals surface area contributed by atoms with Gasteiger partial charge in [-0.3, -0.25) is 4.79 Å². The van der Waals surface area contributed by atoms with Gasteiger partial charge in [0.15, 0.2) is 9.84 Å². The Morgan fingerprint density at radius 2 is 2.32 bits per heavy atom. The third-order valence-corrected chi connectivity index (χ3v) is 5.71. The van der Waals surface area contributed by atoms with E-state index in [9.17, 15) is 13.2 Å². The fraction of sp³-hybridized carbons (Fsp3) is 0.700. The molecule has 1 aromatic heterocycles. The van der Waals surface area contributed by atoms with Crippen LogP contribution in [0.3, 0.4) is 0 Å². The second-order valence-corrected chi connectivity index (χ2v) is 8.12. The molecule has 19 heavy (non-hydrogen) atoms. The number of rotatable bonds is 5. The third kappa shape index (κ3) is 3.93. The number of amides is 1. The van der Waals surface area contributed by atoms with Crippen molar-refractivity contribution in [3.05, 3.63) is 5.89 Å². The Morgan fingerprint density at radius 1 is 1.58 bits per heavy atom. The van der Waals surface area contributed by atoms with E-state index in [1.54, 1.807) is 6.92 Å². The van der Waals surface area contributed by atoms with E-state index >= 15 is 0 Å². The van der Waals surface area contributed by atoms with Crippen molar-refractivity contribution in [2.75, 3.05) is 11.5 Å². The minimum Gasteiger partial charge on any atom is -0.416 e. The first-order chi connectivity index (χ1) is 8.85. The summed E-state index contributed by atoms with van der Waals surface area (Å²) in [6.07, 6.45) is 1.09. The maximum Gasteiger partial charge on any atom is 0.277 e. The van der Waals surface area contributed by atoms with Gasteiger partial charge < -0.3 is 10.2 Å². The lowest BCUT2D eigenvalue weighted by molar-refractivity contribution is -0.117. The number of carbonyl (C=O) groups is 1. The summed E-state index contributed by atoms with van der Waals surface area (Å²) in [6, 6.07) is 0. The lowest BCUT2D eigenvalue weighted by atomic mass is 10.1. The van der Waals surface area contributed by atoms with Gasteiger partial charge in [0.2, 0.25) is 11.8 Å². The van der Waals surface area contributed by atoms with Crippen LogP contribution in [0.5, 0.6) is 0 Å². The summed E-state index contributed by atoms with van der Waals surface area (Å²) >= 11 is 1.10. The topological polar surface area (TPSA) is 116 Å². The quantitative estimate of drug-likeness (QED) is 0.762. The molecule has 1 aromatic rings. The number of sulfone groups is 1. The Morgan fingerprint density at radius 3 is 2.89 bits per heavy atom. The van der Waals surface area contributed by atoms with Crippen molar-refractivity contribution >= 4 is 27.5 Å². The van der Waals surface area contributed by atoms with E-state index in [1.807, 2.05) is 0 Å². The number of carbonyl (C=O) groups excluding carboxylic acids is 1. The van der Waals surface area contributed by atoms with Gasteiger partial charge in [0.1, 0.15) is 0 Å². The van der Waals surface area contributed by atoms with Crippen LogP contribution in [-0.2, 0) is 21.1 Å². The molecule has 0 radical (unpaired) electrons. The zero-order valence-electron chi connectivity index (χ0n) is 10.4. The SMILES string of the molecule is C[C@@H](Sc1nnc(C[C@H]2CCS(=O)(=O)C2)o1)C(N)=O. The lowest BCUT2D eigenvalue weighted by Crippen LogP contribution is -2.22. The molecule has 0 unspecified atom stereocenters. The molecule has 1 aliphatic heterocycles. The van der Waals surface area contributed by atoms with Crippen LogP contribution >= 0.6 is 11.8 Å². The van der Waals surface area contributed by atoms with E-state index in [-0.39, 0.29) is 22.6 Å². The van der Waals surface area contributed by atoms with Crippen LogP contribution in [0.25, 0.3) is 0 Å². The number of hydrogen-bond donors (Lipinski definition) is 1. The normalized spacial score (nSPS) is 23.3. The first-order valence-corrected chi connectivity index (χ1v) is 8.54. The van der Waals surface area contributed by atoms with Crippen LogP contribution in [0.1, 0.15) is 19.2 Å². The second-order valence-electron chi connectivity index (χ2n) is 4.60. The van der Waals surface area contributed by atoms with Crippen molar-refractivity contribution in [1.82, 2.24) is 10.2 Å². The van der Waals surface area contributed by atoms with Crippen LogP contribution in [-0.4, -0.2) is 41.3 Å². The minimum absolute atomic E-state index is 0.0388. The van der Waals surface area contributed by atoms with Crippen molar-refractivity contribution in [2.24, 2.45) is 11.7 Å². The molecule has 2 N–H and O–H groups in total. The van der Waals surface area contributed by atoms with Gasteiger partial charge in [0.05, 0.1) is 16.8 Å². The van der Waals surface area contributed by atoms with E-state index in [0.717, 1.165) is 11.8 Å². The van der Waals surface area contributed by atoms with E-state index in [1.165, 1.54) is 0 Å². The molecule has 0 saturated carbocycles. The van der Waals surface area contributed by atoms with Crippen molar-refractivity contribution in [1.29, 1.82) is 0 Å². The molecular formula is C10H15N3O4S2. The van der Waals surface area contributed by atoms with Crippen molar-refractivity contribution in [3.63, 3.8) is 0 Å². The van der Waals surface area contributed by atoms with Crippen molar-refractivity contribution < 1.29 is 17.6 Å². The smallest absolute Gasteiger partial charge is 0.277 e. The zero-order chi connectivity index (χ0) is 14.0. The predicted octanol–water partition coefficient (Wildman–Crippen LogP) is 0.0127. The monoisotopic (exact) mass is 305 g/mol. The summed E-state index contributed by atoms with van der Waals surface area (Å²) < 4.78 is 28.0. The van der Waals surface area contributed by atoms with Crippen LogP contribution in [0.15, 0.2) is 9.64 Å². The molecule has 2 rings (SSSR count). The maximum absolute atomic E-state index is 11.3. The van der Waals surface area contributed by atoms with Gasteiger partial charge in [-0.1, -0.05) is 11.8 Å². The van der Waals surface area contributed by atoms with Crippen LogP contribution < -0.4 is 5.73 Å². The minimum atomic E-state index is -2.90. The molecule has 0 bridgehead atoms. The molecule has 1 saturated heterocycles. The molecule has 1 fully saturated rings. The lowest BCUT2D eigenvalue weighted by Gasteiger charge is -2.03. The summed E-state index contributed by atoms with van der Waals surface area (Å²) in [5.41, 5.74) is 5.14. The Balaban J connectivity index is 1.93. The molecule has 7 nitrogen and oxygen atoms in total. The van der Waals surface area contributed by atoms with Crippen molar-refractivity contribution in [3.8, 4) is 0 Å². The highest BCUT2D eigenvalue weighted by Gasteiger charge is 2.29. The van der Waals surface area contributed by atoms with Crippen molar-refractivity contribution in [2.45, 2.75) is 30.2 Å². The van der Waals surface area contributed by atoms with E-state index in [2.05, 4.69) is 10.2 Å². The number of hydrogen-bond acceptors (Lipinski definition) is 7.